The van der Waals surface area contributed by atoms with Crippen LogP contribution in [-0.4, -0.2) is 48.5 Å². The molecule has 0 saturated carbocycles. The predicted molar refractivity (Wildman–Crippen MR) is 114 cm³/mol. The Hall–Kier alpha value is -2.62. The molecule has 1 fully saturated rings. The second-order valence-electron chi connectivity index (χ2n) is 7.52. The number of allylic oxidation sites excluding steroid dienone is 1. The van der Waals surface area contributed by atoms with Crippen LogP contribution < -0.4 is 15.1 Å². The molecule has 0 atom stereocenters. The second-order valence-corrected chi connectivity index (χ2v) is 7.52. The molecule has 7 nitrogen and oxygen atoms in total. The first kappa shape index (κ1) is 24.6. The first-order valence-corrected chi connectivity index (χ1v) is 10.2. The van der Waals surface area contributed by atoms with E-state index >= 15 is 0 Å². The number of hydrogen-bond donors (Lipinski definition) is 1. The fourth-order valence-corrected chi connectivity index (χ4v) is 3.36. The van der Waals surface area contributed by atoms with Crippen LogP contribution in [0.4, 0.5) is 24.8 Å². The summed E-state index contributed by atoms with van der Waals surface area (Å²) in [5.74, 6) is 1.39. The molecule has 0 radical (unpaired) electrons. The van der Waals surface area contributed by atoms with Crippen molar-refractivity contribution in [2.45, 2.75) is 59.0 Å². The maximum Gasteiger partial charge on any atom is 0.522 e. The van der Waals surface area contributed by atoms with E-state index in [-0.39, 0.29) is 25.3 Å². The number of halogens is 3. The minimum Gasteiger partial charge on any atom is -0.356 e. The van der Waals surface area contributed by atoms with Crippen molar-refractivity contribution in [1.29, 1.82) is 0 Å². The van der Waals surface area contributed by atoms with E-state index in [9.17, 15) is 18.0 Å². The largest absolute Gasteiger partial charge is 0.522 e. The molecule has 1 aliphatic heterocycles. The Morgan fingerprint density at radius 3 is 2.55 bits per heavy atom. The lowest BCUT2D eigenvalue weighted by molar-refractivity contribution is -0.344. The summed E-state index contributed by atoms with van der Waals surface area (Å²) < 4.78 is 41.7. The maximum absolute atomic E-state index is 12.5. The minimum absolute atomic E-state index is 0.114. The molecule has 1 aliphatic rings. The van der Waals surface area contributed by atoms with Crippen LogP contribution in [0.15, 0.2) is 24.4 Å². The van der Waals surface area contributed by atoms with Gasteiger partial charge in [0.15, 0.2) is 5.82 Å². The van der Waals surface area contributed by atoms with Crippen LogP contribution in [-0.2, 0) is 16.1 Å². The molecule has 1 aromatic heterocycles. The van der Waals surface area contributed by atoms with E-state index < -0.39 is 12.5 Å². The smallest absolute Gasteiger partial charge is 0.356 e. The summed E-state index contributed by atoms with van der Waals surface area (Å²) in [5.41, 5.74) is 1.98. The van der Waals surface area contributed by atoms with Crippen molar-refractivity contribution in [3.63, 3.8) is 0 Å². The summed E-state index contributed by atoms with van der Waals surface area (Å²) in [6.07, 6.45) is -0.974. The Bertz CT molecular complexity index is 818. The highest BCUT2D eigenvalue weighted by Gasteiger charge is 2.35. The van der Waals surface area contributed by atoms with Crippen molar-refractivity contribution in [3.8, 4) is 0 Å². The molecular formula is C21H30F3N5O2. The van der Waals surface area contributed by atoms with Crippen LogP contribution in [0.5, 0.6) is 0 Å². The first-order valence-electron chi connectivity index (χ1n) is 10.2. The molecule has 0 aliphatic carbocycles. The van der Waals surface area contributed by atoms with Crippen LogP contribution in [0.3, 0.4) is 0 Å². The van der Waals surface area contributed by atoms with Crippen molar-refractivity contribution in [2.75, 3.05) is 29.9 Å². The van der Waals surface area contributed by atoms with Crippen molar-refractivity contribution < 1.29 is 22.7 Å². The molecule has 0 aromatic carbocycles. The van der Waals surface area contributed by atoms with Crippen LogP contribution in [0.2, 0.25) is 0 Å². The average Bonchev–Trinajstić information content (AvgIpc) is 2.71. The summed E-state index contributed by atoms with van der Waals surface area (Å²) in [6.45, 7) is 10.3. The second kappa shape index (κ2) is 10.6. The Morgan fingerprint density at radius 1 is 1.35 bits per heavy atom. The molecule has 1 N–H and O–H groups in total. The molecule has 0 spiro atoms. The number of nitrogens with one attached hydrogen (secondary N) is 1. The maximum atomic E-state index is 12.5. The molecular weight excluding hydrogens is 411 g/mol. The van der Waals surface area contributed by atoms with Gasteiger partial charge in [-0.15, -0.1) is 13.2 Å². The van der Waals surface area contributed by atoms with Gasteiger partial charge in [0.25, 0.3) is 0 Å². The van der Waals surface area contributed by atoms with E-state index in [4.69, 9.17) is 0 Å². The van der Waals surface area contributed by atoms with E-state index in [2.05, 4.69) is 33.5 Å². The Labute approximate surface area is 181 Å². The average molecular weight is 441 g/mol. The van der Waals surface area contributed by atoms with Gasteiger partial charge in [0.2, 0.25) is 5.91 Å². The van der Waals surface area contributed by atoms with Gasteiger partial charge in [-0.1, -0.05) is 19.1 Å². The highest BCUT2D eigenvalue weighted by Crippen LogP contribution is 2.31. The van der Waals surface area contributed by atoms with Crippen LogP contribution >= 0.6 is 0 Å². The highest BCUT2D eigenvalue weighted by atomic mass is 19.4. The zero-order chi connectivity index (χ0) is 23.2. The van der Waals surface area contributed by atoms with E-state index in [0.29, 0.717) is 30.5 Å². The van der Waals surface area contributed by atoms with Gasteiger partial charge in [-0.25, -0.2) is 9.97 Å². The van der Waals surface area contributed by atoms with Gasteiger partial charge in [0, 0.05) is 31.9 Å². The van der Waals surface area contributed by atoms with Gasteiger partial charge in [0.1, 0.15) is 11.6 Å². The fraction of sp³-hybridized carbons (Fsp3) is 0.571. The highest BCUT2D eigenvalue weighted by molar-refractivity contribution is 5.86. The van der Waals surface area contributed by atoms with Gasteiger partial charge >= 0.3 is 6.36 Å². The van der Waals surface area contributed by atoms with Crippen molar-refractivity contribution >= 4 is 17.5 Å². The minimum atomic E-state index is -4.63. The number of hydrogen-bond acceptors (Lipinski definition) is 6. The molecule has 1 saturated heterocycles. The van der Waals surface area contributed by atoms with E-state index in [1.165, 1.54) is 6.08 Å². The number of ether oxygens (including phenoxy) is 1. The van der Waals surface area contributed by atoms with Crippen molar-refractivity contribution in [3.05, 3.63) is 35.8 Å². The molecule has 1 aromatic rings. The summed E-state index contributed by atoms with van der Waals surface area (Å²) >= 11 is 0. The topological polar surface area (TPSA) is 70.6 Å². The van der Waals surface area contributed by atoms with Gasteiger partial charge in [0.05, 0.1) is 12.6 Å². The Kier molecular flexibility index (Phi) is 8.43. The summed E-state index contributed by atoms with van der Waals surface area (Å²) in [4.78, 5) is 24.6. The standard InChI is InChI=1S/C21H30F3N5O2/c1-6-14(3)13-28(5)19-15(4)20(27-17(26-19)12-25-18(30)7-2)29-10-8-16(9-11-29)31-21(22,23)24/h7,13,16H,2,6,8-12H2,1,3-5H3,(H,25,30)/b14-13+. The Balaban J connectivity index is 2.31. The Morgan fingerprint density at radius 2 is 2.00 bits per heavy atom. The molecule has 0 bridgehead atoms. The zero-order valence-electron chi connectivity index (χ0n) is 18.4. The van der Waals surface area contributed by atoms with Crippen LogP contribution in [0.25, 0.3) is 0 Å². The molecule has 1 amide bonds. The SMILES string of the molecule is C=CC(=O)NCc1nc(N(C)/C=C(\C)CC)c(C)c(N2CCC(OC(F)(F)F)CC2)n1. The third-order valence-electron chi connectivity index (χ3n) is 5.09. The fourth-order valence-electron chi connectivity index (χ4n) is 3.36. The van der Waals surface area contributed by atoms with Crippen molar-refractivity contribution in [2.24, 2.45) is 0 Å². The lowest BCUT2D eigenvalue weighted by Crippen LogP contribution is -2.40. The van der Waals surface area contributed by atoms with Crippen LogP contribution in [0, 0.1) is 6.92 Å². The quantitative estimate of drug-likeness (QED) is 0.618. The van der Waals surface area contributed by atoms with E-state index in [1.807, 2.05) is 36.9 Å². The van der Waals surface area contributed by atoms with Gasteiger partial charge in [-0.05, 0) is 39.2 Å². The number of alkyl halides is 3. The van der Waals surface area contributed by atoms with Crippen molar-refractivity contribution in [1.82, 2.24) is 15.3 Å². The summed E-state index contributed by atoms with van der Waals surface area (Å²) in [5, 5.41) is 2.67. The number of nitrogens with zero attached hydrogens (tertiary/aromatic N) is 4. The monoisotopic (exact) mass is 441 g/mol. The predicted octanol–water partition coefficient (Wildman–Crippen LogP) is 3.84. The lowest BCUT2D eigenvalue weighted by Gasteiger charge is -2.34. The number of rotatable bonds is 8. The molecule has 2 heterocycles. The van der Waals surface area contributed by atoms with Crippen LogP contribution in [0.1, 0.15) is 44.5 Å². The molecule has 31 heavy (non-hydrogen) atoms. The third-order valence-corrected chi connectivity index (χ3v) is 5.09. The number of carbonyl (C=O) groups is 1. The van der Waals surface area contributed by atoms with Gasteiger partial charge < -0.3 is 15.1 Å². The normalized spacial score (nSPS) is 15.7. The van der Waals surface area contributed by atoms with Gasteiger partial charge in [-0.3, -0.25) is 9.53 Å². The molecule has 2 rings (SSSR count). The third kappa shape index (κ3) is 7.23. The molecule has 172 valence electrons. The zero-order valence-corrected chi connectivity index (χ0v) is 18.4. The van der Waals surface area contributed by atoms with E-state index in [1.54, 1.807) is 0 Å². The van der Waals surface area contributed by atoms with E-state index in [0.717, 1.165) is 17.6 Å². The summed E-state index contributed by atoms with van der Waals surface area (Å²) in [7, 11) is 1.88. The number of aromatic nitrogens is 2. The number of anilines is 2. The number of amides is 1. The lowest BCUT2D eigenvalue weighted by atomic mass is 10.1. The molecule has 0 unspecified atom stereocenters. The van der Waals surface area contributed by atoms with Gasteiger partial charge in [-0.2, -0.15) is 0 Å². The number of piperidine rings is 1. The first-order chi connectivity index (χ1) is 14.5. The summed E-state index contributed by atoms with van der Waals surface area (Å²) in [6, 6.07) is 0. The number of carbonyl (C=O) groups excluding carboxylic acids is 1. The molecule has 10 heteroatoms.